The molecule has 0 atom stereocenters. The van der Waals surface area contributed by atoms with Gasteiger partial charge in [0.15, 0.2) is 0 Å². The summed E-state index contributed by atoms with van der Waals surface area (Å²) in [4.78, 5) is 26.4. The molecular formula is C17H14N6O2. The first kappa shape index (κ1) is 15.0. The lowest BCUT2D eigenvalue weighted by Crippen LogP contribution is -2.42. The molecule has 2 heterocycles. The van der Waals surface area contributed by atoms with Crippen LogP contribution in [0.5, 0.6) is 0 Å². The first-order chi connectivity index (χ1) is 12.1. The summed E-state index contributed by atoms with van der Waals surface area (Å²) in [6, 6.07) is 12.5. The highest BCUT2D eigenvalue weighted by molar-refractivity contribution is 6.15. The van der Waals surface area contributed by atoms with E-state index in [-0.39, 0.29) is 18.4 Å². The van der Waals surface area contributed by atoms with Gasteiger partial charge in [0.1, 0.15) is 12.9 Å². The van der Waals surface area contributed by atoms with Crippen LogP contribution in [0.3, 0.4) is 0 Å². The Morgan fingerprint density at radius 2 is 2.00 bits per heavy atom. The molecule has 1 aromatic heterocycles. The van der Waals surface area contributed by atoms with E-state index in [0.717, 1.165) is 11.3 Å². The number of nitrogens with one attached hydrogen (secondary N) is 1. The molecule has 3 aromatic rings. The number of rotatable bonds is 2. The first-order valence-electron chi connectivity index (χ1n) is 7.68. The monoisotopic (exact) mass is 334 g/mol. The van der Waals surface area contributed by atoms with E-state index < -0.39 is 0 Å². The van der Waals surface area contributed by atoms with Gasteiger partial charge in [0.05, 0.1) is 17.1 Å². The quantitative estimate of drug-likeness (QED) is 0.768. The Morgan fingerprint density at radius 3 is 2.76 bits per heavy atom. The number of aromatic nitrogens is 4. The van der Waals surface area contributed by atoms with Gasteiger partial charge in [-0.1, -0.05) is 12.1 Å². The van der Waals surface area contributed by atoms with Crippen LogP contribution in [0.2, 0.25) is 0 Å². The SMILES string of the molecule is Cc1cc(C(=O)N2CC(=O)Nc3ccccc32)ccc1-n1cnnn1. The fourth-order valence-corrected chi connectivity index (χ4v) is 2.89. The van der Waals surface area contributed by atoms with Crippen molar-refractivity contribution in [3.63, 3.8) is 0 Å². The average Bonchev–Trinajstić information content (AvgIpc) is 3.14. The topological polar surface area (TPSA) is 93.0 Å². The molecule has 8 nitrogen and oxygen atoms in total. The molecule has 0 aliphatic carbocycles. The van der Waals surface area contributed by atoms with Crippen LogP contribution >= 0.6 is 0 Å². The third-order valence-electron chi connectivity index (χ3n) is 4.06. The summed E-state index contributed by atoms with van der Waals surface area (Å²) >= 11 is 0. The van der Waals surface area contributed by atoms with E-state index in [1.807, 2.05) is 25.1 Å². The van der Waals surface area contributed by atoms with Gasteiger partial charge >= 0.3 is 0 Å². The Hall–Kier alpha value is -3.55. The highest BCUT2D eigenvalue weighted by Gasteiger charge is 2.27. The van der Waals surface area contributed by atoms with E-state index in [9.17, 15) is 9.59 Å². The first-order valence-corrected chi connectivity index (χ1v) is 7.68. The zero-order valence-electron chi connectivity index (χ0n) is 13.4. The van der Waals surface area contributed by atoms with E-state index in [1.165, 1.54) is 15.9 Å². The van der Waals surface area contributed by atoms with Crippen molar-refractivity contribution in [1.82, 2.24) is 20.2 Å². The maximum atomic E-state index is 13.0. The van der Waals surface area contributed by atoms with Crippen molar-refractivity contribution in [2.75, 3.05) is 16.8 Å². The molecule has 0 spiro atoms. The van der Waals surface area contributed by atoms with Crippen molar-refractivity contribution in [3.05, 3.63) is 59.9 Å². The van der Waals surface area contributed by atoms with E-state index in [0.29, 0.717) is 16.9 Å². The van der Waals surface area contributed by atoms with Crippen molar-refractivity contribution in [1.29, 1.82) is 0 Å². The minimum absolute atomic E-state index is 0.0103. The van der Waals surface area contributed by atoms with Gasteiger partial charge in [-0.3, -0.25) is 14.5 Å². The number of tetrazole rings is 1. The normalized spacial score (nSPS) is 13.3. The summed E-state index contributed by atoms with van der Waals surface area (Å²) < 4.78 is 1.53. The van der Waals surface area contributed by atoms with Crippen LogP contribution in [0.1, 0.15) is 15.9 Å². The molecule has 0 saturated carbocycles. The zero-order chi connectivity index (χ0) is 17.4. The third-order valence-corrected chi connectivity index (χ3v) is 4.06. The fraction of sp³-hybridized carbons (Fsp3) is 0.118. The van der Waals surface area contributed by atoms with Gasteiger partial charge in [0, 0.05) is 5.56 Å². The van der Waals surface area contributed by atoms with Crippen LogP contribution in [0.25, 0.3) is 5.69 Å². The molecule has 124 valence electrons. The predicted molar refractivity (Wildman–Crippen MR) is 90.6 cm³/mol. The minimum atomic E-state index is -0.228. The summed E-state index contributed by atoms with van der Waals surface area (Å²) in [6.45, 7) is 1.87. The summed E-state index contributed by atoms with van der Waals surface area (Å²) in [5.74, 6) is -0.442. The van der Waals surface area contributed by atoms with Gasteiger partial charge in [-0.25, -0.2) is 4.68 Å². The van der Waals surface area contributed by atoms with Crippen molar-refractivity contribution in [2.45, 2.75) is 6.92 Å². The second kappa shape index (κ2) is 5.82. The zero-order valence-corrected chi connectivity index (χ0v) is 13.4. The smallest absolute Gasteiger partial charge is 0.258 e. The van der Waals surface area contributed by atoms with Crippen LogP contribution in [-0.2, 0) is 4.79 Å². The van der Waals surface area contributed by atoms with Crippen LogP contribution in [0.4, 0.5) is 11.4 Å². The van der Waals surface area contributed by atoms with Crippen LogP contribution in [0.15, 0.2) is 48.8 Å². The number of benzene rings is 2. The number of hydrogen-bond donors (Lipinski definition) is 1. The maximum Gasteiger partial charge on any atom is 0.258 e. The van der Waals surface area contributed by atoms with Crippen molar-refractivity contribution < 1.29 is 9.59 Å². The van der Waals surface area contributed by atoms with Crippen molar-refractivity contribution in [3.8, 4) is 5.69 Å². The van der Waals surface area contributed by atoms with Crippen molar-refractivity contribution in [2.24, 2.45) is 0 Å². The molecule has 25 heavy (non-hydrogen) atoms. The van der Waals surface area contributed by atoms with E-state index >= 15 is 0 Å². The molecular weight excluding hydrogens is 320 g/mol. The van der Waals surface area contributed by atoms with Gasteiger partial charge in [-0.2, -0.15) is 0 Å². The summed E-state index contributed by atoms with van der Waals surface area (Å²) in [5.41, 5.74) is 3.47. The lowest BCUT2D eigenvalue weighted by molar-refractivity contribution is -0.115. The number of fused-ring (bicyclic) bond motifs is 1. The number of hydrogen-bond acceptors (Lipinski definition) is 5. The number of amides is 2. The molecule has 0 unspecified atom stereocenters. The fourth-order valence-electron chi connectivity index (χ4n) is 2.89. The Kier molecular flexibility index (Phi) is 3.50. The van der Waals surface area contributed by atoms with Crippen molar-refractivity contribution >= 4 is 23.2 Å². The summed E-state index contributed by atoms with van der Waals surface area (Å²) in [7, 11) is 0. The lowest BCUT2D eigenvalue weighted by Gasteiger charge is -2.29. The van der Waals surface area contributed by atoms with Gasteiger partial charge < -0.3 is 5.32 Å². The van der Waals surface area contributed by atoms with Gasteiger partial charge in [-0.05, 0) is 53.2 Å². The molecule has 1 aliphatic heterocycles. The largest absolute Gasteiger partial charge is 0.323 e. The number of carbonyl (C=O) groups is 2. The lowest BCUT2D eigenvalue weighted by atomic mass is 10.1. The Morgan fingerprint density at radius 1 is 1.16 bits per heavy atom. The second-order valence-electron chi connectivity index (χ2n) is 5.71. The summed E-state index contributed by atoms with van der Waals surface area (Å²) in [6.07, 6.45) is 1.50. The summed E-state index contributed by atoms with van der Waals surface area (Å²) in [5, 5.41) is 13.9. The molecule has 1 aliphatic rings. The van der Waals surface area contributed by atoms with E-state index in [2.05, 4.69) is 20.8 Å². The van der Waals surface area contributed by atoms with Gasteiger partial charge in [0.2, 0.25) is 5.91 Å². The highest BCUT2D eigenvalue weighted by atomic mass is 16.2. The third kappa shape index (κ3) is 2.63. The molecule has 4 rings (SSSR count). The maximum absolute atomic E-state index is 13.0. The molecule has 2 amide bonds. The van der Waals surface area contributed by atoms with E-state index in [4.69, 9.17) is 0 Å². The van der Waals surface area contributed by atoms with Gasteiger partial charge in [-0.15, -0.1) is 5.10 Å². The molecule has 0 fully saturated rings. The molecule has 2 aromatic carbocycles. The number of anilines is 2. The average molecular weight is 334 g/mol. The number of aryl methyl sites for hydroxylation is 1. The van der Waals surface area contributed by atoms with Crippen LogP contribution < -0.4 is 10.2 Å². The van der Waals surface area contributed by atoms with E-state index in [1.54, 1.807) is 24.3 Å². The highest BCUT2D eigenvalue weighted by Crippen LogP contribution is 2.30. The number of carbonyl (C=O) groups excluding carboxylic acids is 2. The number of nitrogens with zero attached hydrogens (tertiary/aromatic N) is 5. The second-order valence-corrected chi connectivity index (χ2v) is 5.71. The van der Waals surface area contributed by atoms with Crippen LogP contribution in [0, 0.1) is 6.92 Å². The van der Waals surface area contributed by atoms with Crippen LogP contribution in [-0.4, -0.2) is 38.6 Å². The Bertz CT molecular complexity index is 967. The van der Waals surface area contributed by atoms with Gasteiger partial charge in [0.25, 0.3) is 5.91 Å². The molecule has 0 bridgehead atoms. The molecule has 0 saturated heterocycles. The molecule has 0 radical (unpaired) electrons. The Labute approximate surface area is 143 Å². The predicted octanol–water partition coefficient (Wildman–Crippen LogP) is 1.57. The molecule has 8 heteroatoms. The Balaban J connectivity index is 1.70. The standard InChI is InChI=1S/C17H14N6O2/c1-11-8-12(6-7-14(11)23-10-18-20-21-23)17(25)22-9-16(24)19-13-4-2-3-5-15(13)22/h2-8,10H,9H2,1H3,(H,19,24). The number of para-hydroxylation sites is 2. The molecule has 1 N–H and O–H groups in total. The minimum Gasteiger partial charge on any atom is -0.323 e.